The summed E-state index contributed by atoms with van der Waals surface area (Å²) in [6.07, 6.45) is 7.78. The van der Waals surface area contributed by atoms with Gasteiger partial charge in [0.15, 0.2) is 0 Å². The average Bonchev–Trinajstić information content (AvgIpc) is 3.06. The van der Waals surface area contributed by atoms with Crippen LogP contribution >= 0.6 is 11.3 Å². The molecule has 7 nitrogen and oxygen atoms in total. The fraction of sp³-hybridized carbons (Fsp3) is 0.238. The van der Waals surface area contributed by atoms with Crippen molar-refractivity contribution >= 4 is 44.0 Å². The van der Waals surface area contributed by atoms with E-state index in [1.807, 2.05) is 41.0 Å². The lowest BCUT2D eigenvalue weighted by Crippen LogP contribution is -2.17. The number of allylic oxidation sites excluding steroid dienone is 1. The summed E-state index contributed by atoms with van der Waals surface area (Å²) in [6, 6.07) is 11.3. The zero-order chi connectivity index (χ0) is 21.1. The summed E-state index contributed by atoms with van der Waals surface area (Å²) in [7, 11) is -4.01. The molecule has 1 heterocycles. The van der Waals surface area contributed by atoms with Crippen molar-refractivity contribution in [3.05, 3.63) is 64.0 Å². The van der Waals surface area contributed by atoms with Crippen LogP contribution in [0.5, 0.6) is 5.75 Å². The van der Waals surface area contributed by atoms with Crippen LogP contribution in [0.4, 0.5) is 0 Å². The van der Waals surface area contributed by atoms with E-state index in [-0.39, 0.29) is 17.9 Å². The number of para-hydroxylation sites is 1. The van der Waals surface area contributed by atoms with Crippen LogP contribution in [0.15, 0.2) is 52.7 Å². The van der Waals surface area contributed by atoms with Gasteiger partial charge in [-0.1, -0.05) is 41.7 Å². The zero-order valence-corrected chi connectivity index (χ0v) is 17.7. The molecule has 0 bridgehead atoms. The number of thiazole rings is 1. The molecule has 0 spiro atoms. The fourth-order valence-electron chi connectivity index (χ4n) is 3.52. The predicted molar refractivity (Wildman–Crippen MR) is 119 cm³/mol. The van der Waals surface area contributed by atoms with Crippen LogP contribution < -0.4 is 4.80 Å². The number of phenolic OH excluding ortho intramolecular Hbond substituents is 1. The van der Waals surface area contributed by atoms with Gasteiger partial charge in [0.05, 0.1) is 22.2 Å². The Labute approximate surface area is 178 Å². The van der Waals surface area contributed by atoms with Gasteiger partial charge in [0.2, 0.25) is 4.80 Å². The first-order valence-electron chi connectivity index (χ1n) is 9.54. The van der Waals surface area contributed by atoms with Crippen molar-refractivity contribution in [1.82, 2.24) is 4.57 Å². The smallest absolute Gasteiger partial charge is 0.264 e. The molecule has 0 fully saturated rings. The van der Waals surface area contributed by atoms with Gasteiger partial charge < -0.3 is 9.67 Å². The van der Waals surface area contributed by atoms with Crippen LogP contribution in [-0.4, -0.2) is 34.6 Å². The molecule has 30 heavy (non-hydrogen) atoms. The molecule has 1 aromatic heterocycles. The van der Waals surface area contributed by atoms with Crippen LogP contribution in [-0.2, 0) is 23.1 Å². The van der Waals surface area contributed by atoms with Gasteiger partial charge in [-0.2, -0.15) is 13.5 Å². The largest absolute Gasteiger partial charge is 0.507 e. The maximum Gasteiger partial charge on any atom is 0.264 e. The Morgan fingerprint density at radius 2 is 2.03 bits per heavy atom. The van der Waals surface area contributed by atoms with Gasteiger partial charge in [0, 0.05) is 12.1 Å². The number of rotatable bonds is 6. The molecule has 2 N–H and O–H groups in total. The second-order valence-electron chi connectivity index (χ2n) is 7.00. The lowest BCUT2D eigenvalue weighted by molar-refractivity contribution is 0.474. The highest BCUT2D eigenvalue weighted by Gasteiger charge is 2.12. The first-order chi connectivity index (χ1) is 14.4. The van der Waals surface area contributed by atoms with Crippen LogP contribution in [0.1, 0.15) is 29.5 Å². The molecular formula is C21H21N3O4S2. The highest BCUT2D eigenvalue weighted by molar-refractivity contribution is 7.85. The van der Waals surface area contributed by atoms with Crippen molar-refractivity contribution in [2.75, 3.05) is 5.75 Å². The molecule has 1 aliphatic rings. The van der Waals surface area contributed by atoms with Crippen molar-refractivity contribution < 1.29 is 18.1 Å². The average molecular weight is 444 g/mol. The molecule has 0 saturated carbocycles. The summed E-state index contributed by atoms with van der Waals surface area (Å²) in [6.45, 7) is 0.382. The van der Waals surface area contributed by atoms with E-state index in [4.69, 9.17) is 4.55 Å². The molecule has 0 amide bonds. The van der Waals surface area contributed by atoms with Crippen LogP contribution in [0.3, 0.4) is 0 Å². The number of aromatic nitrogens is 1. The number of fused-ring (bicyclic) bond motifs is 2. The normalized spacial score (nSPS) is 14.6. The summed E-state index contributed by atoms with van der Waals surface area (Å²) >= 11 is 1.44. The molecule has 0 radical (unpaired) electrons. The zero-order valence-electron chi connectivity index (χ0n) is 16.1. The molecule has 3 aromatic rings. The van der Waals surface area contributed by atoms with E-state index in [9.17, 15) is 13.5 Å². The Morgan fingerprint density at radius 1 is 1.20 bits per heavy atom. The van der Waals surface area contributed by atoms with Gasteiger partial charge in [0.1, 0.15) is 5.75 Å². The number of phenols is 1. The van der Waals surface area contributed by atoms with Gasteiger partial charge in [-0.3, -0.25) is 4.55 Å². The Kier molecular flexibility index (Phi) is 5.85. The molecule has 156 valence electrons. The maximum absolute atomic E-state index is 11.1. The Bertz CT molecular complexity index is 1320. The minimum absolute atomic E-state index is 0.150. The number of hydrogen-bond acceptors (Lipinski definition) is 6. The molecule has 9 heteroatoms. The minimum Gasteiger partial charge on any atom is -0.507 e. The van der Waals surface area contributed by atoms with E-state index in [2.05, 4.69) is 16.3 Å². The first kappa shape index (κ1) is 20.5. The third kappa shape index (κ3) is 4.53. The van der Waals surface area contributed by atoms with Gasteiger partial charge in [-0.05, 0) is 48.6 Å². The third-order valence-electron chi connectivity index (χ3n) is 4.92. The van der Waals surface area contributed by atoms with E-state index in [0.717, 1.165) is 28.6 Å². The van der Waals surface area contributed by atoms with Crippen molar-refractivity contribution in [1.29, 1.82) is 0 Å². The second kappa shape index (κ2) is 8.55. The molecular weight excluding hydrogens is 422 g/mol. The lowest BCUT2D eigenvalue weighted by atomic mass is 9.93. The molecule has 1 aliphatic carbocycles. The molecule has 0 aliphatic heterocycles. The van der Waals surface area contributed by atoms with E-state index in [0.29, 0.717) is 16.9 Å². The third-order valence-corrected chi connectivity index (χ3v) is 6.78. The minimum atomic E-state index is -4.01. The van der Waals surface area contributed by atoms with Crippen LogP contribution in [0.25, 0.3) is 16.3 Å². The van der Waals surface area contributed by atoms with E-state index < -0.39 is 10.1 Å². The molecule has 2 aromatic carbocycles. The van der Waals surface area contributed by atoms with Gasteiger partial charge >= 0.3 is 0 Å². The number of aromatic hydroxyl groups is 1. The number of hydrogen-bond donors (Lipinski definition) is 2. The van der Waals surface area contributed by atoms with Gasteiger partial charge in [-0.15, -0.1) is 5.10 Å². The number of aryl methyl sites for hydroxylation is 2. The molecule has 0 atom stereocenters. The maximum atomic E-state index is 11.1. The summed E-state index contributed by atoms with van der Waals surface area (Å²) in [5.74, 6) is -0.167. The van der Waals surface area contributed by atoms with E-state index in [1.54, 1.807) is 12.3 Å². The monoisotopic (exact) mass is 443 g/mol. The summed E-state index contributed by atoms with van der Waals surface area (Å²) in [5, 5.41) is 18.8. The van der Waals surface area contributed by atoms with Gasteiger partial charge in [-0.25, -0.2) is 0 Å². The van der Waals surface area contributed by atoms with Crippen molar-refractivity contribution in [2.45, 2.75) is 25.8 Å². The predicted octanol–water partition coefficient (Wildman–Crippen LogP) is 3.58. The number of nitrogens with zero attached hydrogens (tertiary/aromatic N) is 3. The Morgan fingerprint density at radius 3 is 2.87 bits per heavy atom. The quantitative estimate of drug-likeness (QED) is 0.345. The van der Waals surface area contributed by atoms with Crippen LogP contribution in [0.2, 0.25) is 0 Å². The van der Waals surface area contributed by atoms with Crippen LogP contribution in [0, 0.1) is 0 Å². The molecule has 4 rings (SSSR count). The standard InChI is InChI=1S/C21H21N3O4S2/c25-19-11-10-15-6-1-2-7-16(15)17(19)14-22-23-21-24(12-5-13-30(26,27)28)18-8-3-4-9-20(18)29-21/h2-4,7-11,14,25H,1,5-6,12-13H2,(H,26,27,28)/b22-14-,23-21+. The topological polar surface area (TPSA) is 104 Å². The fourth-order valence-corrected chi connectivity index (χ4v) is 5.02. The number of benzene rings is 2. The Hall–Kier alpha value is -2.75. The van der Waals surface area contributed by atoms with E-state index >= 15 is 0 Å². The summed E-state index contributed by atoms with van der Waals surface area (Å²) in [4.78, 5) is 0.614. The highest BCUT2D eigenvalue weighted by atomic mass is 32.2. The van der Waals surface area contributed by atoms with E-state index in [1.165, 1.54) is 16.9 Å². The van der Waals surface area contributed by atoms with Crippen molar-refractivity contribution in [3.8, 4) is 5.75 Å². The SMILES string of the molecule is O=S(=O)(O)CCCn1/c(=N\N=C/c2c(O)ccc3c2C=CCC3)sc2ccccc21. The molecule has 0 unspecified atom stereocenters. The van der Waals surface area contributed by atoms with Crippen molar-refractivity contribution in [3.63, 3.8) is 0 Å². The summed E-state index contributed by atoms with van der Waals surface area (Å²) in [5.41, 5.74) is 3.68. The molecule has 0 saturated heterocycles. The Balaban J connectivity index is 1.70. The first-order valence-corrected chi connectivity index (χ1v) is 12.0. The summed E-state index contributed by atoms with van der Waals surface area (Å²) < 4.78 is 34.0. The lowest BCUT2D eigenvalue weighted by Gasteiger charge is -2.13. The second-order valence-corrected chi connectivity index (χ2v) is 9.58. The van der Waals surface area contributed by atoms with Gasteiger partial charge in [0.25, 0.3) is 10.1 Å². The van der Waals surface area contributed by atoms with Crippen molar-refractivity contribution in [2.24, 2.45) is 10.2 Å². The highest BCUT2D eigenvalue weighted by Crippen LogP contribution is 2.28.